The Hall–Kier alpha value is -3.65. The van der Waals surface area contributed by atoms with Crippen molar-refractivity contribution in [3.8, 4) is 0 Å². The summed E-state index contributed by atoms with van der Waals surface area (Å²) in [5.41, 5.74) is 1.32. The predicted octanol–water partition coefficient (Wildman–Crippen LogP) is 2.99. The minimum atomic E-state index is -4.40. The van der Waals surface area contributed by atoms with Gasteiger partial charge in [0.25, 0.3) is 0 Å². The smallest absolute Gasteiger partial charge is 0.457 e. The summed E-state index contributed by atoms with van der Waals surface area (Å²) in [6, 6.07) is 17.6. The van der Waals surface area contributed by atoms with Crippen molar-refractivity contribution in [3.05, 3.63) is 71.8 Å². The van der Waals surface area contributed by atoms with Gasteiger partial charge in [0.15, 0.2) is 30.7 Å². The highest BCUT2D eigenvalue weighted by molar-refractivity contribution is 7.48. The van der Waals surface area contributed by atoms with E-state index in [2.05, 4.69) is 0 Å². The fraction of sp³-hybridized carbons (Fsp3) is 0.448. The van der Waals surface area contributed by atoms with Crippen LogP contribution in [0.4, 0.5) is 0 Å². The third-order valence-corrected chi connectivity index (χ3v) is 7.36. The second kappa shape index (κ2) is 16.4. The topological polar surface area (TPSA) is 179 Å². The number of aliphatic hydroxyl groups is 1. The molecule has 0 aliphatic carbocycles. The van der Waals surface area contributed by atoms with Gasteiger partial charge >= 0.3 is 31.7 Å². The van der Waals surface area contributed by atoms with Crippen molar-refractivity contribution < 1.29 is 66.1 Å². The van der Waals surface area contributed by atoms with Gasteiger partial charge in [-0.15, -0.1) is 0 Å². The van der Waals surface area contributed by atoms with E-state index in [0.717, 1.165) is 27.7 Å². The number of aliphatic hydroxyl groups excluding tert-OH is 1. The fourth-order valence-electron chi connectivity index (χ4n) is 4.26. The lowest BCUT2D eigenvalue weighted by Crippen LogP contribution is -2.64. The maximum atomic E-state index is 13.8. The van der Waals surface area contributed by atoms with Gasteiger partial charge in [-0.2, -0.15) is 0 Å². The van der Waals surface area contributed by atoms with Gasteiger partial charge in [0.2, 0.25) is 0 Å². The van der Waals surface area contributed by atoms with Crippen LogP contribution >= 0.6 is 7.82 Å². The molecule has 6 atom stereocenters. The van der Waals surface area contributed by atoms with Gasteiger partial charge in [0.1, 0.15) is 6.10 Å². The first-order chi connectivity index (χ1) is 20.9. The van der Waals surface area contributed by atoms with E-state index >= 15 is 0 Å². The van der Waals surface area contributed by atoms with Crippen molar-refractivity contribution in [1.82, 2.24) is 0 Å². The number of carbonyl (C=O) groups excluding carboxylic acids is 4. The maximum absolute atomic E-state index is 13.8. The summed E-state index contributed by atoms with van der Waals surface area (Å²) in [4.78, 5) is 47.9. The normalized spacial score (nSPS) is 22.3. The molecule has 1 heterocycles. The number of carbonyl (C=O) groups is 4. The fourth-order valence-corrected chi connectivity index (χ4v) is 5.43. The molecule has 240 valence electrons. The second-order valence-corrected chi connectivity index (χ2v) is 11.3. The molecule has 2 aromatic rings. The van der Waals surface area contributed by atoms with E-state index in [0.29, 0.717) is 11.1 Å². The molecule has 0 amide bonds. The molecule has 0 spiro atoms. The maximum Gasteiger partial charge on any atom is 0.475 e. The monoisotopic (exact) mass is 638 g/mol. The van der Waals surface area contributed by atoms with Gasteiger partial charge in [-0.3, -0.25) is 32.7 Å². The molecule has 14 nitrogen and oxygen atoms in total. The lowest BCUT2D eigenvalue weighted by atomic mass is 9.94. The average Bonchev–Trinajstić information content (AvgIpc) is 2.97. The van der Waals surface area contributed by atoms with E-state index in [1.54, 1.807) is 60.7 Å². The summed E-state index contributed by atoms with van der Waals surface area (Å²) in [6.07, 6.45) is -9.86. The molecule has 2 aromatic carbocycles. The second-order valence-electron chi connectivity index (χ2n) is 9.62. The molecule has 0 aromatic heterocycles. The molecule has 0 radical (unpaired) electrons. The van der Waals surface area contributed by atoms with Gasteiger partial charge in [-0.1, -0.05) is 60.7 Å². The molecule has 1 aliphatic heterocycles. The molecular formula is C29H35O14P. The van der Waals surface area contributed by atoms with Crippen LogP contribution < -0.4 is 0 Å². The van der Waals surface area contributed by atoms with E-state index in [1.165, 1.54) is 0 Å². The van der Waals surface area contributed by atoms with Crippen LogP contribution in [0.3, 0.4) is 0 Å². The van der Waals surface area contributed by atoms with Crippen molar-refractivity contribution in [2.75, 3.05) is 6.61 Å². The lowest BCUT2D eigenvalue weighted by Gasteiger charge is -2.44. The van der Waals surface area contributed by atoms with Gasteiger partial charge in [0, 0.05) is 27.7 Å². The van der Waals surface area contributed by atoms with Crippen LogP contribution in [0.1, 0.15) is 38.8 Å². The standard InChI is InChI=1S/C29H35O14P/c1-18(30)39-24(25-26(40-19(2)31)27(41-20(3)32)28(29(34)43-25)42-21(4)33)17-38-44(35,36-15-22-11-7-5-8-12-22)37-16-23-13-9-6-10-14-23/h5-14,24-29,34H,15-17H2,1-4H3/t24-,25-,26-,27+,28+,29+/m1/s1. The Labute approximate surface area is 254 Å². The van der Waals surface area contributed by atoms with Crippen molar-refractivity contribution in [1.29, 1.82) is 0 Å². The van der Waals surface area contributed by atoms with Crippen LogP contribution in [-0.4, -0.2) is 72.4 Å². The van der Waals surface area contributed by atoms with Gasteiger partial charge in [-0.25, -0.2) is 4.57 Å². The molecule has 1 N–H and O–H groups in total. The van der Waals surface area contributed by atoms with Crippen molar-refractivity contribution >= 4 is 31.7 Å². The van der Waals surface area contributed by atoms with Crippen LogP contribution in [0, 0.1) is 0 Å². The Bertz CT molecular complexity index is 1260. The number of phosphoric acid groups is 1. The minimum Gasteiger partial charge on any atom is -0.457 e. The third-order valence-electron chi connectivity index (χ3n) is 6.00. The molecular weight excluding hydrogens is 603 g/mol. The molecule has 1 fully saturated rings. The summed E-state index contributed by atoms with van der Waals surface area (Å²) in [7, 11) is -4.40. The van der Waals surface area contributed by atoms with Crippen molar-refractivity contribution in [3.63, 3.8) is 0 Å². The number of ether oxygens (including phenoxy) is 5. The van der Waals surface area contributed by atoms with E-state index in [9.17, 15) is 28.8 Å². The first-order valence-electron chi connectivity index (χ1n) is 13.5. The summed E-state index contributed by atoms with van der Waals surface area (Å²) in [5, 5.41) is 10.7. The van der Waals surface area contributed by atoms with Crippen LogP contribution in [-0.2, 0) is 74.2 Å². The lowest BCUT2D eigenvalue weighted by molar-refractivity contribution is -0.306. The zero-order chi connectivity index (χ0) is 32.3. The van der Waals surface area contributed by atoms with Crippen LogP contribution in [0.2, 0.25) is 0 Å². The highest BCUT2D eigenvalue weighted by Crippen LogP contribution is 2.51. The average molecular weight is 639 g/mol. The summed E-state index contributed by atoms with van der Waals surface area (Å²) >= 11 is 0. The Morgan fingerprint density at radius 2 is 1.16 bits per heavy atom. The molecule has 15 heteroatoms. The van der Waals surface area contributed by atoms with E-state index in [4.69, 9.17) is 37.3 Å². The zero-order valence-corrected chi connectivity index (χ0v) is 25.5. The first-order valence-corrected chi connectivity index (χ1v) is 15.0. The predicted molar refractivity (Wildman–Crippen MR) is 149 cm³/mol. The Morgan fingerprint density at radius 1 is 0.705 bits per heavy atom. The third kappa shape index (κ3) is 10.8. The number of rotatable bonds is 14. The largest absolute Gasteiger partial charge is 0.475 e. The van der Waals surface area contributed by atoms with Crippen LogP contribution in [0.15, 0.2) is 60.7 Å². The molecule has 0 saturated carbocycles. The molecule has 44 heavy (non-hydrogen) atoms. The molecule has 1 aliphatic rings. The van der Waals surface area contributed by atoms with Crippen LogP contribution in [0.25, 0.3) is 0 Å². The molecule has 0 bridgehead atoms. The summed E-state index contributed by atoms with van der Waals surface area (Å²) < 4.78 is 57.3. The Kier molecular flexibility index (Phi) is 13.0. The first kappa shape index (κ1) is 34.8. The van der Waals surface area contributed by atoms with Gasteiger partial charge in [0.05, 0.1) is 19.8 Å². The van der Waals surface area contributed by atoms with Gasteiger partial charge in [-0.05, 0) is 11.1 Å². The molecule has 3 rings (SSSR count). The van der Waals surface area contributed by atoms with Crippen molar-refractivity contribution in [2.45, 2.75) is 77.7 Å². The Balaban J connectivity index is 1.91. The van der Waals surface area contributed by atoms with Crippen LogP contribution in [0.5, 0.6) is 0 Å². The van der Waals surface area contributed by atoms with E-state index in [1.807, 2.05) is 0 Å². The van der Waals surface area contributed by atoms with E-state index < -0.39 is 75.1 Å². The SMILES string of the molecule is CC(=O)O[C@H]1[C@H](OC(C)=O)[C@@H]([C@@H](COP(=O)(OCc2ccccc2)OCc2ccccc2)OC(C)=O)O[C@H](O)[C@H]1OC(C)=O. The highest BCUT2D eigenvalue weighted by atomic mass is 31.2. The number of hydrogen-bond acceptors (Lipinski definition) is 14. The molecule has 1 saturated heterocycles. The molecule has 0 unspecified atom stereocenters. The highest BCUT2D eigenvalue weighted by Gasteiger charge is 2.54. The number of esters is 4. The zero-order valence-electron chi connectivity index (χ0n) is 24.6. The number of benzene rings is 2. The van der Waals surface area contributed by atoms with E-state index in [-0.39, 0.29) is 13.2 Å². The minimum absolute atomic E-state index is 0.168. The number of phosphoric ester groups is 1. The van der Waals surface area contributed by atoms with Crippen molar-refractivity contribution in [2.24, 2.45) is 0 Å². The quantitative estimate of drug-likeness (QED) is 0.181. The van der Waals surface area contributed by atoms with Gasteiger partial charge < -0.3 is 28.8 Å². The summed E-state index contributed by atoms with van der Waals surface area (Å²) in [6.45, 7) is 3.15. The number of hydrogen-bond donors (Lipinski definition) is 1. The summed E-state index contributed by atoms with van der Waals surface area (Å²) in [5.74, 6) is -3.45. The Morgan fingerprint density at radius 3 is 1.61 bits per heavy atom.